The van der Waals surface area contributed by atoms with Crippen molar-refractivity contribution in [3.63, 3.8) is 0 Å². The van der Waals surface area contributed by atoms with Gasteiger partial charge in [0.2, 0.25) is 11.8 Å². The number of rotatable bonds is 4. The monoisotopic (exact) mass is 267 g/mol. The van der Waals surface area contributed by atoms with Crippen LogP contribution in [0.15, 0.2) is 6.20 Å². The van der Waals surface area contributed by atoms with Gasteiger partial charge in [0.05, 0.1) is 11.0 Å². The molecule has 0 aromatic carbocycles. The number of nitrogens with two attached hydrogens (primary N) is 1. The maximum absolute atomic E-state index is 10.6. The van der Waals surface area contributed by atoms with Crippen molar-refractivity contribution in [1.29, 1.82) is 0 Å². The van der Waals surface area contributed by atoms with Crippen LogP contribution in [-0.2, 0) is 4.74 Å². The number of nitrogens with one attached hydrogen (secondary N) is 1. The van der Waals surface area contributed by atoms with Crippen molar-refractivity contribution in [2.75, 3.05) is 18.2 Å². The number of methoxy groups -OCH3 is 1. The quantitative estimate of drug-likeness (QED) is 0.624. The molecule has 0 aliphatic heterocycles. The van der Waals surface area contributed by atoms with Crippen LogP contribution < -0.4 is 11.1 Å². The van der Waals surface area contributed by atoms with Gasteiger partial charge in [-0.1, -0.05) is 0 Å². The van der Waals surface area contributed by atoms with E-state index in [2.05, 4.69) is 15.3 Å². The first-order valence-electron chi connectivity index (χ1n) is 6.16. The first-order valence-corrected chi connectivity index (χ1v) is 6.16. The number of nitro groups is 1. The summed E-state index contributed by atoms with van der Waals surface area (Å²) < 4.78 is 5.34. The van der Waals surface area contributed by atoms with Crippen LogP contribution in [0.5, 0.6) is 0 Å². The van der Waals surface area contributed by atoms with E-state index >= 15 is 0 Å². The molecule has 3 N–H and O–H groups in total. The zero-order valence-corrected chi connectivity index (χ0v) is 10.7. The lowest BCUT2D eigenvalue weighted by atomic mass is 9.93. The molecule has 1 aromatic heterocycles. The minimum atomic E-state index is -0.597. The highest BCUT2D eigenvalue weighted by molar-refractivity contribution is 5.53. The van der Waals surface area contributed by atoms with Crippen LogP contribution in [0, 0.1) is 10.1 Å². The van der Waals surface area contributed by atoms with Gasteiger partial charge in [-0.25, -0.2) is 4.98 Å². The number of aromatic nitrogens is 2. The van der Waals surface area contributed by atoms with Crippen molar-refractivity contribution in [2.45, 2.75) is 37.8 Å². The Hall–Kier alpha value is -1.96. The van der Waals surface area contributed by atoms with Crippen molar-refractivity contribution < 1.29 is 9.66 Å². The molecule has 1 aliphatic carbocycles. The zero-order chi connectivity index (χ0) is 13.8. The number of hydrogen-bond donors (Lipinski definition) is 2. The lowest BCUT2D eigenvalue weighted by molar-refractivity contribution is -0.384. The van der Waals surface area contributed by atoms with Gasteiger partial charge in [-0.2, -0.15) is 4.98 Å². The molecular weight excluding hydrogens is 250 g/mol. The number of hydrogen-bond acceptors (Lipinski definition) is 7. The van der Waals surface area contributed by atoms with Gasteiger partial charge >= 0.3 is 5.69 Å². The number of nitrogen functional groups attached to an aromatic ring is 1. The van der Waals surface area contributed by atoms with Gasteiger partial charge in [0.1, 0.15) is 6.20 Å². The third-order valence-electron chi connectivity index (χ3n) is 3.29. The molecule has 104 valence electrons. The fourth-order valence-electron chi connectivity index (χ4n) is 2.27. The third kappa shape index (κ3) is 3.28. The van der Waals surface area contributed by atoms with E-state index in [0.717, 1.165) is 31.9 Å². The summed E-state index contributed by atoms with van der Waals surface area (Å²) in [7, 11) is 1.70. The Morgan fingerprint density at radius 1 is 1.58 bits per heavy atom. The molecule has 2 atom stereocenters. The van der Waals surface area contributed by atoms with Crippen LogP contribution in [0.1, 0.15) is 25.7 Å². The maximum Gasteiger partial charge on any atom is 0.329 e. The van der Waals surface area contributed by atoms with Crippen LogP contribution >= 0.6 is 0 Å². The molecule has 1 aromatic rings. The standard InChI is InChI=1S/C11H17N5O3/c1-19-8-4-2-3-7(5-8)14-11-13-6-9(16(17)18)10(12)15-11/h6-8H,2-5H2,1H3,(H3,12,13,14,15). The van der Waals surface area contributed by atoms with Crippen molar-refractivity contribution in [3.8, 4) is 0 Å². The predicted octanol–water partition coefficient (Wildman–Crippen LogP) is 1.34. The average Bonchev–Trinajstić information content (AvgIpc) is 2.38. The Morgan fingerprint density at radius 2 is 2.37 bits per heavy atom. The smallest absolute Gasteiger partial charge is 0.329 e. The van der Waals surface area contributed by atoms with E-state index < -0.39 is 4.92 Å². The highest BCUT2D eigenvalue weighted by Crippen LogP contribution is 2.24. The second kappa shape index (κ2) is 5.79. The summed E-state index contributed by atoms with van der Waals surface area (Å²) in [5.74, 6) is 0.200. The first-order chi connectivity index (χ1) is 9.10. The second-order valence-electron chi connectivity index (χ2n) is 4.59. The molecule has 2 unspecified atom stereocenters. The Bertz CT molecular complexity index is 468. The average molecular weight is 267 g/mol. The van der Waals surface area contributed by atoms with E-state index in [1.54, 1.807) is 7.11 Å². The Kier molecular flexibility index (Phi) is 4.10. The Morgan fingerprint density at radius 3 is 3.00 bits per heavy atom. The SMILES string of the molecule is COC1CCCC(Nc2ncc([N+](=O)[O-])c(N)n2)C1. The van der Waals surface area contributed by atoms with Gasteiger partial charge in [0, 0.05) is 13.2 Å². The van der Waals surface area contributed by atoms with Gasteiger partial charge in [0.15, 0.2) is 0 Å². The topological polar surface area (TPSA) is 116 Å². The van der Waals surface area contributed by atoms with E-state index in [9.17, 15) is 10.1 Å². The lowest BCUT2D eigenvalue weighted by Crippen LogP contribution is -2.31. The summed E-state index contributed by atoms with van der Waals surface area (Å²) in [6.07, 6.45) is 5.36. The summed E-state index contributed by atoms with van der Waals surface area (Å²) in [5.41, 5.74) is 5.25. The van der Waals surface area contributed by atoms with Gasteiger partial charge in [-0.15, -0.1) is 0 Å². The van der Waals surface area contributed by atoms with Crippen LogP contribution in [0.2, 0.25) is 0 Å². The number of nitrogens with zero attached hydrogens (tertiary/aromatic N) is 3. The maximum atomic E-state index is 10.6. The Labute approximate surface area is 110 Å². The highest BCUT2D eigenvalue weighted by Gasteiger charge is 2.23. The van der Waals surface area contributed by atoms with E-state index in [-0.39, 0.29) is 23.7 Å². The largest absolute Gasteiger partial charge is 0.381 e. The van der Waals surface area contributed by atoms with Crippen LogP contribution in [-0.4, -0.2) is 34.1 Å². The predicted molar refractivity (Wildman–Crippen MR) is 69.8 cm³/mol. The number of anilines is 2. The van der Waals surface area contributed by atoms with Crippen LogP contribution in [0.4, 0.5) is 17.5 Å². The molecule has 0 bridgehead atoms. The summed E-state index contributed by atoms with van der Waals surface area (Å²) in [5, 5.41) is 13.8. The van der Waals surface area contributed by atoms with Crippen molar-refractivity contribution in [2.24, 2.45) is 0 Å². The van der Waals surface area contributed by atoms with Crippen LogP contribution in [0.25, 0.3) is 0 Å². The summed E-state index contributed by atoms with van der Waals surface area (Å²) in [6.45, 7) is 0. The van der Waals surface area contributed by atoms with E-state index in [1.165, 1.54) is 0 Å². The second-order valence-corrected chi connectivity index (χ2v) is 4.59. The minimum absolute atomic E-state index is 0.124. The summed E-state index contributed by atoms with van der Waals surface area (Å²) in [4.78, 5) is 17.9. The van der Waals surface area contributed by atoms with Crippen molar-refractivity contribution >= 4 is 17.5 Å². The van der Waals surface area contributed by atoms with Gasteiger partial charge in [-0.05, 0) is 25.7 Å². The number of ether oxygens (including phenoxy) is 1. The van der Waals surface area contributed by atoms with E-state index in [0.29, 0.717) is 5.95 Å². The zero-order valence-electron chi connectivity index (χ0n) is 10.7. The molecule has 0 amide bonds. The van der Waals surface area contributed by atoms with Gasteiger partial charge < -0.3 is 15.8 Å². The minimum Gasteiger partial charge on any atom is -0.381 e. The summed E-state index contributed by atoms with van der Waals surface area (Å²) >= 11 is 0. The normalized spacial score (nSPS) is 23.0. The van der Waals surface area contributed by atoms with E-state index in [1.807, 2.05) is 0 Å². The molecule has 0 radical (unpaired) electrons. The van der Waals surface area contributed by atoms with E-state index in [4.69, 9.17) is 10.5 Å². The fraction of sp³-hybridized carbons (Fsp3) is 0.636. The fourth-order valence-corrected chi connectivity index (χ4v) is 2.27. The third-order valence-corrected chi connectivity index (χ3v) is 3.29. The molecule has 1 aliphatic rings. The summed E-state index contributed by atoms with van der Waals surface area (Å²) in [6, 6.07) is 0.208. The lowest BCUT2D eigenvalue weighted by Gasteiger charge is -2.28. The molecular formula is C11H17N5O3. The van der Waals surface area contributed by atoms with Gasteiger partial charge in [0.25, 0.3) is 0 Å². The molecule has 1 saturated carbocycles. The molecule has 1 heterocycles. The Balaban J connectivity index is 2.03. The molecule has 0 spiro atoms. The molecule has 0 saturated heterocycles. The first kappa shape index (κ1) is 13.5. The van der Waals surface area contributed by atoms with Crippen molar-refractivity contribution in [3.05, 3.63) is 16.3 Å². The molecule has 2 rings (SSSR count). The molecule has 19 heavy (non-hydrogen) atoms. The van der Waals surface area contributed by atoms with Gasteiger partial charge in [-0.3, -0.25) is 10.1 Å². The molecule has 8 nitrogen and oxygen atoms in total. The van der Waals surface area contributed by atoms with Crippen molar-refractivity contribution in [1.82, 2.24) is 9.97 Å². The highest BCUT2D eigenvalue weighted by atomic mass is 16.6. The molecule has 1 fully saturated rings. The van der Waals surface area contributed by atoms with Crippen LogP contribution in [0.3, 0.4) is 0 Å². The molecule has 8 heteroatoms.